The quantitative estimate of drug-likeness (QED) is 0.728. The van der Waals surface area contributed by atoms with Crippen LogP contribution in [0.4, 0.5) is 0 Å². The van der Waals surface area contributed by atoms with E-state index in [0.717, 1.165) is 6.54 Å². The number of hydrogen-bond acceptors (Lipinski definition) is 3. The highest BCUT2D eigenvalue weighted by Crippen LogP contribution is 2.03. The van der Waals surface area contributed by atoms with Crippen molar-refractivity contribution in [3.63, 3.8) is 0 Å². The van der Waals surface area contributed by atoms with E-state index in [1.807, 2.05) is 0 Å². The van der Waals surface area contributed by atoms with Crippen LogP contribution in [-0.4, -0.2) is 48.1 Å². The van der Waals surface area contributed by atoms with Crippen molar-refractivity contribution in [2.24, 2.45) is 0 Å². The molecule has 0 fully saturated rings. The van der Waals surface area contributed by atoms with E-state index in [0.29, 0.717) is 25.2 Å². The number of rotatable bonds is 7. The molecule has 0 aliphatic carbocycles. The first-order chi connectivity index (χ1) is 8.13. The standard InChI is InChI=1S/C14H31N3O/c1-11(2)17(12(3)4)9-8-15-13(18)10-16-14(5,6)7/h11-12,16H,8-10H2,1-7H3,(H,15,18). The molecule has 0 aromatic carbocycles. The molecule has 0 aliphatic heterocycles. The molecule has 0 saturated heterocycles. The van der Waals surface area contributed by atoms with Gasteiger partial charge in [-0.3, -0.25) is 9.69 Å². The van der Waals surface area contributed by atoms with E-state index in [1.165, 1.54) is 0 Å². The van der Waals surface area contributed by atoms with Crippen LogP contribution in [-0.2, 0) is 4.79 Å². The third-order valence-corrected chi connectivity index (χ3v) is 2.80. The maximum absolute atomic E-state index is 11.6. The van der Waals surface area contributed by atoms with Gasteiger partial charge in [0.05, 0.1) is 6.54 Å². The minimum atomic E-state index is -0.0146. The molecule has 0 spiro atoms. The van der Waals surface area contributed by atoms with E-state index in [1.54, 1.807) is 0 Å². The first-order valence-corrected chi connectivity index (χ1v) is 6.91. The monoisotopic (exact) mass is 257 g/mol. The molecule has 0 saturated carbocycles. The lowest BCUT2D eigenvalue weighted by molar-refractivity contribution is -0.120. The number of nitrogens with zero attached hydrogens (tertiary/aromatic N) is 1. The van der Waals surface area contributed by atoms with Crippen LogP contribution in [0, 0.1) is 0 Å². The van der Waals surface area contributed by atoms with Crippen molar-refractivity contribution in [1.29, 1.82) is 0 Å². The summed E-state index contributed by atoms with van der Waals surface area (Å²) >= 11 is 0. The zero-order chi connectivity index (χ0) is 14.3. The topological polar surface area (TPSA) is 44.4 Å². The van der Waals surface area contributed by atoms with Gasteiger partial charge in [-0.25, -0.2) is 0 Å². The first kappa shape index (κ1) is 17.4. The fraction of sp³-hybridized carbons (Fsp3) is 0.929. The fourth-order valence-electron chi connectivity index (χ4n) is 1.85. The van der Waals surface area contributed by atoms with Crippen molar-refractivity contribution in [3.05, 3.63) is 0 Å². The fourth-order valence-corrected chi connectivity index (χ4v) is 1.85. The largest absolute Gasteiger partial charge is 0.354 e. The highest BCUT2D eigenvalue weighted by atomic mass is 16.1. The molecule has 0 radical (unpaired) electrons. The van der Waals surface area contributed by atoms with E-state index in [-0.39, 0.29) is 11.4 Å². The van der Waals surface area contributed by atoms with Gasteiger partial charge in [-0.1, -0.05) is 0 Å². The van der Waals surface area contributed by atoms with Crippen LogP contribution >= 0.6 is 0 Å². The molecule has 0 unspecified atom stereocenters. The molecule has 0 aromatic rings. The smallest absolute Gasteiger partial charge is 0.234 e. The minimum Gasteiger partial charge on any atom is -0.354 e. The normalized spacial score (nSPS) is 12.6. The van der Waals surface area contributed by atoms with Crippen molar-refractivity contribution < 1.29 is 4.79 Å². The molecular formula is C14H31N3O. The molecule has 0 heterocycles. The molecular weight excluding hydrogens is 226 g/mol. The zero-order valence-electron chi connectivity index (χ0n) is 13.1. The Labute approximate surface area is 113 Å². The van der Waals surface area contributed by atoms with Gasteiger partial charge in [0.25, 0.3) is 0 Å². The molecule has 4 heteroatoms. The number of nitrogens with one attached hydrogen (secondary N) is 2. The summed E-state index contributed by atoms with van der Waals surface area (Å²) in [5.41, 5.74) is -0.0146. The average Bonchev–Trinajstić information content (AvgIpc) is 2.19. The van der Waals surface area contributed by atoms with Gasteiger partial charge in [0.15, 0.2) is 0 Å². The van der Waals surface area contributed by atoms with Gasteiger partial charge >= 0.3 is 0 Å². The van der Waals surface area contributed by atoms with Crippen LogP contribution in [0.5, 0.6) is 0 Å². The van der Waals surface area contributed by atoms with E-state index in [9.17, 15) is 4.79 Å². The van der Waals surface area contributed by atoms with Crippen LogP contribution < -0.4 is 10.6 Å². The highest BCUT2D eigenvalue weighted by Gasteiger charge is 2.14. The Hall–Kier alpha value is -0.610. The molecule has 1 amide bonds. The lowest BCUT2D eigenvalue weighted by Crippen LogP contribution is -2.46. The van der Waals surface area contributed by atoms with Crippen molar-refractivity contribution >= 4 is 5.91 Å². The van der Waals surface area contributed by atoms with Gasteiger partial charge in [0.2, 0.25) is 5.91 Å². The molecule has 0 aliphatic rings. The SMILES string of the molecule is CC(C)N(CCNC(=O)CNC(C)(C)C)C(C)C. The Morgan fingerprint density at radius 2 is 1.61 bits per heavy atom. The van der Waals surface area contributed by atoms with Gasteiger partial charge < -0.3 is 10.6 Å². The second-order valence-corrected chi connectivity index (χ2v) is 6.38. The van der Waals surface area contributed by atoms with Gasteiger partial charge in [-0.2, -0.15) is 0 Å². The van der Waals surface area contributed by atoms with Crippen molar-refractivity contribution in [2.45, 2.75) is 66.1 Å². The molecule has 2 N–H and O–H groups in total. The summed E-state index contributed by atoms with van der Waals surface area (Å²) in [5, 5.41) is 6.13. The predicted octanol–water partition coefficient (Wildman–Crippen LogP) is 1.61. The minimum absolute atomic E-state index is 0.0146. The molecule has 18 heavy (non-hydrogen) atoms. The predicted molar refractivity (Wildman–Crippen MR) is 77.7 cm³/mol. The molecule has 0 bridgehead atoms. The summed E-state index contributed by atoms with van der Waals surface area (Å²) in [7, 11) is 0. The first-order valence-electron chi connectivity index (χ1n) is 6.91. The summed E-state index contributed by atoms with van der Waals surface area (Å²) in [6.45, 7) is 16.9. The van der Waals surface area contributed by atoms with Crippen LogP contribution in [0.15, 0.2) is 0 Å². The summed E-state index contributed by atoms with van der Waals surface area (Å²) in [5.74, 6) is 0.0670. The third kappa shape index (κ3) is 8.48. The maximum Gasteiger partial charge on any atom is 0.234 e. The van der Waals surface area contributed by atoms with E-state index in [4.69, 9.17) is 0 Å². The van der Waals surface area contributed by atoms with Gasteiger partial charge in [0.1, 0.15) is 0 Å². The lowest BCUT2D eigenvalue weighted by Gasteiger charge is -2.30. The summed E-state index contributed by atoms with van der Waals surface area (Å²) in [6.07, 6.45) is 0. The Morgan fingerprint density at radius 3 is 2.00 bits per heavy atom. The Kier molecular flexibility index (Phi) is 7.48. The number of carbonyl (C=O) groups is 1. The Balaban J connectivity index is 3.86. The second kappa shape index (κ2) is 7.74. The van der Waals surface area contributed by atoms with Crippen LogP contribution in [0.2, 0.25) is 0 Å². The molecule has 4 nitrogen and oxygen atoms in total. The third-order valence-electron chi connectivity index (χ3n) is 2.80. The van der Waals surface area contributed by atoms with E-state index in [2.05, 4.69) is 64.0 Å². The number of amides is 1. The summed E-state index contributed by atoms with van der Waals surface area (Å²) in [4.78, 5) is 14.0. The molecule has 108 valence electrons. The van der Waals surface area contributed by atoms with Crippen molar-refractivity contribution in [2.75, 3.05) is 19.6 Å². The molecule has 0 atom stereocenters. The maximum atomic E-state index is 11.6. The molecule has 0 aromatic heterocycles. The Bertz CT molecular complexity index is 236. The zero-order valence-corrected chi connectivity index (χ0v) is 13.1. The van der Waals surface area contributed by atoms with E-state index < -0.39 is 0 Å². The van der Waals surface area contributed by atoms with Crippen LogP contribution in [0.25, 0.3) is 0 Å². The van der Waals surface area contributed by atoms with E-state index >= 15 is 0 Å². The molecule has 0 rings (SSSR count). The van der Waals surface area contributed by atoms with Crippen LogP contribution in [0.3, 0.4) is 0 Å². The van der Waals surface area contributed by atoms with Gasteiger partial charge in [-0.15, -0.1) is 0 Å². The van der Waals surface area contributed by atoms with Crippen molar-refractivity contribution in [1.82, 2.24) is 15.5 Å². The lowest BCUT2D eigenvalue weighted by atomic mass is 10.1. The van der Waals surface area contributed by atoms with Crippen LogP contribution in [0.1, 0.15) is 48.5 Å². The van der Waals surface area contributed by atoms with Gasteiger partial charge in [0, 0.05) is 30.7 Å². The Morgan fingerprint density at radius 1 is 1.11 bits per heavy atom. The number of hydrogen-bond donors (Lipinski definition) is 2. The van der Waals surface area contributed by atoms with Crippen molar-refractivity contribution in [3.8, 4) is 0 Å². The highest BCUT2D eigenvalue weighted by molar-refractivity contribution is 5.78. The average molecular weight is 257 g/mol. The second-order valence-electron chi connectivity index (χ2n) is 6.38. The summed E-state index contributed by atoms with van der Waals surface area (Å²) in [6, 6.07) is 1.02. The summed E-state index contributed by atoms with van der Waals surface area (Å²) < 4.78 is 0. The number of carbonyl (C=O) groups excluding carboxylic acids is 1. The van der Waals surface area contributed by atoms with Gasteiger partial charge in [-0.05, 0) is 48.5 Å².